The third-order valence-electron chi connectivity index (χ3n) is 5.67. The lowest BCUT2D eigenvalue weighted by molar-refractivity contribution is -0.126. The second kappa shape index (κ2) is 9.58. The van der Waals surface area contributed by atoms with Gasteiger partial charge >= 0.3 is 0 Å². The second-order valence-corrected chi connectivity index (χ2v) is 9.73. The van der Waals surface area contributed by atoms with Crippen molar-refractivity contribution < 1.29 is 17.6 Å². The number of carbonyl (C=O) groups is 1. The molecule has 3 aromatic rings. The van der Waals surface area contributed by atoms with Crippen molar-refractivity contribution >= 4 is 15.9 Å². The number of hydrogen-bond donors (Lipinski definition) is 1. The van der Waals surface area contributed by atoms with E-state index in [0.717, 1.165) is 23.3 Å². The molecule has 0 saturated carbocycles. The zero-order valence-electron chi connectivity index (χ0n) is 17.4. The number of halogens is 1. The summed E-state index contributed by atoms with van der Waals surface area (Å²) in [4.78, 5) is 17.3. The highest BCUT2D eigenvalue weighted by molar-refractivity contribution is 7.89. The Morgan fingerprint density at radius 2 is 1.66 bits per heavy atom. The van der Waals surface area contributed by atoms with Crippen molar-refractivity contribution in [2.24, 2.45) is 5.92 Å². The molecule has 1 aromatic heterocycles. The maximum Gasteiger partial charge on any atom is 0.243 e. The Kier molecular flexibility index (Phi) is 6.62. The molecule has 32 heavy (non-hydrogen) atoms. The Morgan fingerprint density at radius 1 is 1.00 bits per heavy atom. The number of carbonyl (C=O) groups excluding carboxylic acids is 1. The van der Waals surface area contributed by atoms with E-state index in [2.05, 4.69) is 10.3 Å². The van der Waals surface area contributed by atoms with E-state index in [1.165, 1.54) is 16.4 Å². The van der Waals surface area contributed by atoms with Gasteiger partial charge in [0.05, 0.1) is 16.9 Å². The molecule has 1 saturated heterocycles. The SMILES string of the molecule is O=C(NC(c1ccccc1)c1ccncc1)C1CCCN(S(=O)(=O)c2ccc(F)cc2)C1. The Labute approximate surface area is 187 Å². The number of amides is 1. The van der Waals surface area contributed by atoms with Gasteiger partial charge in [-0.2, -0.15) is 4.31 Å². The zero-order valence-corrected chi connectivity index (χ0v) is 18.2. The summed E-state index contributed by atoms with van der Waals surface area (Å²) in [7, 11) is -3.80. The van der Waals surface area contributed by atoms with Crippen LogP contribution in [-0.4, -0.2) is 36.7 Å². The highest BCUT2D eigenvalue weighted by atomic mass is 32.2. The number of hydrogen-bond acceptors (Lipinski definition) is 4. The number of nitrogens with zero attached hydrogens (tertiary/aromatic N) is 2. The lowest BCUT2D eigenvalue weighted by atomic mass is 9.95. The van der Waals surface area contributed by atoms with Crippen molar-refractivity contribution in [1.82, 2.24) is 14.6 Å². The molecule has 0 spiro atoms. The van der Waals surface area contributed by atoms with Crippen LogP contribution in [0.25, 0.3) is 0 Å². The second-order valence-electron chi connectivity index (χ2n) is 7.79. The summed E-state index contributed by atoms with van der Waals surface area (Å²) in [6.07, 6.45) is 4.52. The Bertz CT molecular complexity index is 1120. The fourth-order valence-corrected chi connectivity index (χ4v) is 5.47. The molecule has 2 atom stereocenters. The Balaban J connectivity index is 1.52. The maximum absolute atomic E-state index is 13.2. The molecule has 1 amide bonds. The smallest absolute Gasteiger partial charge is 0.243 e. The van der Waals surface area contributed by atoms with Gasteiger partial charge in [0.2, 0.25) is 15.9 Å². The molecule has 1 aliphatic rings. The van der Waals surface area contributed by atoms with Gasteiger partial charge in [-0.05, 0) is 60.4 Å². The average Bonchev–Trinajstić information content (AvgIpc) is 2.84. The lowest BCUT2D eigenvalue weighted by Crippen LogP contribution is -2.46. The van der Waals surface area contributed by atoms with E-state index < -0.39 is 21.8 Å². The van der Waals surface area contributed by atoms with Gasteiger partial charge in [-0.3, -0.25) is 9.78 Å². The molecule has 1 aliphatic heterocycles. The van der Waals surface area contributed by atoms with Crippen molar-refractivity contribution in [2.45, 2.75) is 23.8 Å². The fourth-order valence-electron chi connectivity index (χ4n) is 3.95. The van der Waals surface area contributed by atoms with Crippen molar-refractivity contribution in [2.75, 3.05) is 13.1 Å². The number of piperidine rings is 1. The first-order valence-electron chi connectivity index (χ1n) is 10.5. The minimum absolute atomic E-state index is 0.0268. The molecular formula is C24H24FN3O3S. The van der Waals surface area contributed by atoms with Gasteiger partial charge in [0, 0.05) is 25.5 Å². The number of benzene rings is 2. The summed E-state index contributed by atoms with van der Waals surface area (Å²) in [5.74, 6) is -1.18. The van der Waals surface area contributed by atoms with Crippen LogP contribution in [0.2, 0.25) is 0 Å². The Hall–Kier alpha value is -3.10. The summed E-state index contributed by atoms with van der Waals surface area (Å²) in [6.45, 7) is 0.416. The molecule has 8 heteroatoms. The van der Waals surface area contributed by atoms with Crippen LogP contribution in [-0.2, 0) is 14.8 Å². The van der Waals surface area contributed by atoms with Crippen molar-refractivity contribution in [3.8, 4) is 0 Å². The minimum Gasteiger partial charge on any atom is -0.345 e. The van der Waals surface area contributed by atoms with Gasteiger partial charge in [-0.25, -0.2) is 12.8 Å². The zero-order chi connectivity index (χ0) is 22.6. The van der Waals surface area contributed by atoms with Crippen LogP contribution in [0.1, 0.15) is 30.0 Å². The van der Waals surface area contributed by atoms with E-state index in [-0.39, 0.29) is 23.4 Å². The van der Waals surface area contributed by atoms with Crippen molar-refractivity contribution in [3.63, 3.8) is 0 Å². The molecule has 0 bridgehead atoms. The van der Waals surface area contributed by atoms with Crippen LogP contribution < -0.4 is 5.32 Å². The topological polar surface area (TPSA) is 79.4 Å². The number of aromatic nitrogens is 1. The van der Waals surface area contributed by atoms with E-state index in [1.807, 2.05) is 42.5 Å². The quantitative estimate of drug-likeness (QED) is 0.619. The molecule has 0 radical (unpaired) electrons. The highest BCUT2D eigenvalue weighted by Crippen LogP contribution is 2.26. The van der Waals surface area contributed by atoms with E-state index in [0.29, 0.717) is 19.4 Å². The largest absolute Gasteiger partial charge is 0.345 e. The fraction of sp³-hybridized carbons (Fsp3) is 0.250. The number of nitrogens with one attached hydrogen (secondary N) is 1. The van der Waals surface area contributed by atoms with Crippen LogP contribution in [0, 0.1) is 11.7 Å². The van der Waals surface area contributed by atoms with Crippen LogP contribution in [0.15, 0.2) is 84.0 Å². The van der Waals surface area contributed by atoms with Crippen LogP contribution in [0.4, 0.5) is 4.39 Å². The number of pyridine rings is 1. The summed E-state index contributed by atoms with van der Waals surface area (Å²) >= 11 is 0. The third-order valence-corrected chi connectivity index (χ3v) is 7.54. The van der Waals surface area contributed by atoms with E-state index >= 15 is 0 Å². The highest BCUT2D eigenvalue weighted by Gasteiger charge is 2.34. The summed E-state index contributed by atoms with van der Waals surface area (Å²) in [5, 5.41) is 3.10. The standard InChI is InChI=1S/C24H24FN3O3S/c25-21-8-10-22(11-9-21)32(30,31)28-16-4-7-20(17-28)24(29)27-23(18-5-2-1-3-6-18)19-12-14-26-15-13-19/h1-3,5-6,8-15,20,23H,4,7,16-17H2,(H,27,29). The van der Waals surface area contributed by atoms with Crippen molar-refractivity contribution in [3.05, 3.63) is 96.1 Å². The van der Waals surface area contributed by atoms with Gasteiger partial charge < -0.3 is 5.32 Å². The maximum atomic E-state index is 13.2. The van der Waals surface area contributed by atoms with E-state index in [9.17, 15) is 17.6 Å². The number of rotatable bonds is 6. The van der Waals surface area contributed by atoms with Crippen LogP contribution in [0.5, 0.6) is 0 Å². The molecule has 6 nitrogen and oxygen atoms in total. The molecule has 4 rings (SSSR count). The molecule has 2 unspecified atom stereocenters. The lowest BCUT2D eigenvalue weighted by Gasteiger charge is -2.32. The molecule has 1 fully saturated rings. The van der Waals surface area contributed by atoms with E-state index in [4.69, 9.17) is 0 Å². The first-order chi connectivity index (χ1) is 15.4. The van der Waals surface area contributed by atoms with E-state index in [1.54, 1.807) is 12.4 Å². The first-order valence-corrected chi connectivity index (χ1v) is 11.9. The molecule has 2 heterocycles. The molecule has 1 N–H and O–H groups in total. The normalized spacial score (nSPS) is 18.1. The Morgan fingerprint density at radius 3 is 2.34 bits per heavy atom. The molecule has 2 aromatic carbocycles. The molecular weight excluding hydrogens is 429 g/mol. The third kappa shape index (κ3) is 4.87. The summed E-state index contributed by atoms with van der Waals surface area (Å²) < 4.78 is 40.5. The van der Waals surface area contributed by atoms with Gasteiger partial charge in [0.1, 0.15) is 5.82 Å². The average molecular weight is 454 g/mol. The number of sulfonamides is 1. The van der Waals surface area contributed by atoms with Gasteiger partial charge in [-0.15, -0.1) is 0 Å². The van der Waals surface area contributed by atoms with Crippen LogP contribution >= 0.6 is 0 Å². The van der Waals surface area contributed by atoms with Crippen molar-refractivity contribution in [1.29, 1.82) is 0 Å². The summed E-state index contributed by atoms with van der Waals surface area (Å²) in [5.41, 5.74) is 1.82. The predicted octanol–water partition coefficient (Wildman–Crippen LogP) is 3.53. The van der Waals surface area contributed by atoms with Crippen LogP contribution in [0.3, 0.4) is 0 Å². The van der Waals surface area contributed by atoms with Gasteiger partial charge in [0.25, 0.3) is 0 Å². The van der Waals surface area contributed by atoms with Gasteiger partial charge in [0.15, 0.2) is 0 Å². The van der Waals surface area contributed by atoms with Gasteiger partial charge in [-0.1, -0.05) is 30.3 Å². The summed E-state index contributed by atoms with van der Waals surface area (Å²) in [6, 6.07) is 17.7. The monoisotopic (exact) mass is 453 g/mol. The minimum atomic E-state index is -3.80. The molecule has 166 valence electrons. The first kappa shape index (κ1) is 22.1. The predicted molar refractivity (Wildman–Crippen MR) is 119 cm³/mol. The molecule has 0 aliphatic carbocycles.